The van der Waals surface area contributed by atoms with Crippen LogP contribution in [0.15, 0.2) is 36.7 Å². The molecule has 0 aliphatic carbocycles. The predicted molar refractivity (Wildman–Crippen MR) is 64.0 cm³/mol. The van der Waals surface area contributed by atoms with Crippen LogP contribution in [0.3, 0.4) is 0 Å². The van der Waals surface area contributed by atoms with E-state index in [4.69, 9.17) is 11.6 Å². The van der Waals surface area contributed by atoms with Crippen LogP contribution in [0.25, 0.3) is 5.69 Å². The minimum atomic E-state index is -0.355. The van der Waals surface area contributed by atoms with E-state index in [2.05, 4.69) is 5.10 Å². The number of aromatic nitrogens is 2. The predicted octanol–water partition coefficient (Wildman–Crippen LogP) is 2.45. The fraction of sp³-hybridized carbons (Fsp3) is 0.250. The number of hydrogen-bond acceptors (Lipinski definition) is 2. The molecule has 1 aromatic carbocycles. The summed E-state index contributed by atoms with van der Waals surface area (Å²) in [6.07, 6.45) is 3.81. The summed E-state index contributed by atoms with van der Waals surface area (Å²) in [6.45, 7) is 1.76. The van der Waals surface area contributed by atoms with E-state index in [9.17, 15) is 5.11 Å². The first-order valence-corrected chi connectivity index (χ1v) is 5.51. The van der Waals surface area contributed by atoms with Crippen molar-refractivity contribution < 1.29 is 5.11 Å². The van der Waals surface area contributed by atoms with Gasteiger partial charge in [0.15, 0.2) is 0 Å². The van der Waals surface area contributed by atoms with Gasteiger partial charge in [0.1, 0.15) is 0 Å². The molecule has 0 aliphatic rings. The molecule has 16 heavy (non-hydrogen) atoms. The van der Waals surface area contributed by atoms with E-state index in [0.717, 1.165) is 11.3 Å². The molecule has 0 saturated heterocycles. The maximum atomic E-state index is 9.29. The number of rotatable bonds is 3. The minimum absolute atomic E-state index is 0.355. The number of halogens is 1. The van der Waals surface area contributed by atoms with Crippen LogP contribution < -0.4 is 0 Å². The Hall–Kier alpha value is -1.32. The third-order valence-electron chi connectivity index (χ3n) is 2.29. The molecular formula is C12H13ClN2O. The molecule has 0 amide bonds. The average Bonchev–Trinajstić information content (AvgIpc) is 2.69. The van der Waals surface area contributed by atoms with Crippen molar-refractivity contribution in [2.24, 2.45) is 0 Å². The monoisotopic (exact) mass is 236 g/mol. The zero-order chi connectivity index (χ0) is 11.5. The minimum Gasteiger partial charge on any atom is -0.393 e. The van der Waals surface area contributed by atoms with E-state index >= 15 is 0 Å². The van der Waals surface area contributed by atoms with Gasteiger partial charge >= 0.3 is 0 Å². The number of aliphatic hydroxyl groups excluding tert-OH is 1. The third-order valence-corrected chi connectivity index (χ3v) is 2.60. The van der Waals surface area contributed by atoms with E-state index in [0.29, 0.717) is 11.4 Å². The molecule has 1 unspecified atom stereocenters. The maximum Gasteiger partial charge on any atom is 0.0831 e. The van der Waals surface area contributed by atoms with Gasteiger partial charge in [-0.2, -0.15) is 5.10 Å². The highest BCUT2D eigenvalue weighted by Gasteiger charge is 2.05. The lowest BCUT2D eigenvalue weighted by molar-refractivity contribution is 0.195. The Morgan fingerprint density at radius 3 is 2.88 bits per heavy atom. The second-order valence-corrected chi connectivity index (χ2v) is 4.20. The second-order valence-electron chi connectivity index (χ2n) is 3.79. The summed E-state index contributed by atoms with van der Waals surface area (Å²) >= 11 is 6.16. The van der Waals surface area contributed by atoms with Crippen molar-refractivity contribution in [2.75, 3.05) is 0 Å². The fourth-order valence-corrected chi connectivity index (χ4v) is 1.91. The number of hydrogen-bond donors (Lipinski definition) is 1. The molecule has 1 aromatic heterocycles. The van der Waals surface area contributed by atoms with Crippen molar-refractivity contribution in [1.82, 2.24) is 9.78 Å². The molecule has 84 valence electrons. The van der Waals surface area contributed by atoms with Crippen molar-refractivity contribution in [3.05, 3.63) is 47.2 Å². The quantitative estimate of drug-likeness (QED) is 0.889. The number of benzene rings is 1. The SMILES string of the molecule is CC(O)Cc1ccc(-n2cccn2)c(Cl)c1. The lowest BCUT2D eigenvalue weighted by Crippen LogP contribution is -2.04. The summed E-state index contributed by atoms with van der Waals surface area (Å²) in [7, 11) is 0. The Labute approximate surface area is 99.3 Å². The summed E-state index contributed by atoms with van der Waals surface area (Å²) in [5, 5.41) is 14.1. The zero-order valence-corrected chi connectivity index (χ0v) is 9.72. The zero-order valence-electron chi connectivity index (χ0n) is 8.97. The molecule has 2 aromatic rings. The molecule has 1 N–H and O–H groups in total. The molecule has 1 heterocycles. The molecule has 0 fully saturated rings. The molecule has 4 heteroatoms. The Morgan fingerprint density at radius 1 is 1.50 bits per heavy atom. The van der Waals surface area contributed by atoms with Crippen molar-refractivity contribution in [3.8, 4) is 5.69 Å². The maximum absolute atomic E-state index is 9.29. The highest BCUT2D eigenvalue weighted by atomic mass is 35.5. The molecule has 0 saturated carbocycles. The summed E-state index contributed by atoms with van der Waals surface area (Å²) in [4.78, 5) is 0. The molecule has 3 nitrogen and oxygen atoms in total. The number of aliphatic hydroxyl groups is 1. The van der Waals surface area contributed by atoms with Crippen molar-refractivity contribution in [1.29, 1.82) is 0 Å². The second kappa shape index (κ2) is 4.68. The van der Waals surface area contributed by atoms with Crippen LogP contribution in [0.5, 0.6) is 0 Å². The highest BCUT2D eigenvalue weighted by Crippen LogP contribution is 2.21. The number of nitrogens with zero attached hydrogens (tertiary/aromatic N) is 2. The van der Waals surface area contributed by atoms with Crippen molar-refractivity contribution in [2.45, 2.75) is 19.4 Å². The first-order chi connectivity index (χ1) is 7.66. The van der Waals surface area contributed by atoms with Crippen LogP contribution in [0.2, 0.25) is 5.02 Å². The molecule has 0 spiro atoms. The van der Waals surface area contributed by atoms with Crippen LogP contribution in [0, 0.1) is 0 Å². The first-order valence-electron chi connectivity index (χ1n) is 5.13. The van der Waals surface area contributed by atoms with Gasteiger partial charge in [-0.1, -0.05) is 17.7 Å². The van der Waals surface area contributed by atoms with Crippen molar-refractivity contribution >= 4 is 11.6 Å². The van der Waals surface area contributed by atoms with Gasteiger partial charge in [-0.05, 0) is 37.1 Å². The third kappa shape index (κ3) is 2.43. The fourth-order valence-electron chi connectivity index (χ4n) is 1.62. The van der Waals surface area contributed by atoms with Gasteiger partial charge in [0.25, 0.3) is 0 Å². The highest BCUT2D eigenvalue weighted by molar-refractivity contribution is 6.32. The molecule has 2 rings (SSSR count). The van der Waals surface area contributed by atoms with Crippen LogP contribution in [-0.2, 0) is 6.42 Å². The molecule has 1 atom stereocenters. The average molecular weight is 237 g/mol. The van der Waals surface area contributed by atoms with Gasteiger partial charge in [0.2, 0.25) is 0 Å². The van der Waals surface area contributed by atoms with Gasteiger partial charge in [-0.15, -0.1) is 0 Å². The summed E-state index contributed by atoms with van der Waals surface area (Å²) in [5.74, 6) is 0. The molecule has 0 aliphatic heterocycles. The lowest BCUT2D eigenvalue weighted by atomic mass is 10.1. The smallest absolute Gasteiger partial charge is 0.0831 e. The summed E-state index contributed by atoms with van der Waals surface area (Å²) in [6, 6.07) is 7.58. The van der Waals surface area contributed by atoms with E-state index in [1.807, 2.05) is 30.5 Å². The Bertz CT molecular complexity index is 466. The largest absolute Gasteiger partial charge is 0.393 e. The van der Waals surface area contributed by atoms with Crippen LogP contribution in [-0.4, -0.2) is 21.0 Å². The van der Waals surface area contributed by atoms with Crippen LogP contribution in [0.4, 0.5) is 0 Å². The summed E-state index contributed by atoms with van der Waals surface area (Å²) < 4.78 is 1.72. The van der Waals surface area contributed by atoms with E-state index in [-0.39, 0.29) is 6.10 Å². The van der Waals surface area contributed by atoms with Crippen LogP contribution >= 0.6 is 11.6 Å². The Kier molecular flexibility index (Phi) is 3.27. The normalized spacial score (nSPS) is 12.7. The Morgan fingerprint density at radius 2 is 2.31 bits per heavy atom. The topological polar surface area (TPSA) is 38.0 Å². The van der Waals surface area contributed by atoms with Gasteiger partial charge in [-0.25, -0.2) is 4.68 Å². The molecular weight excluding hydrogens is 224 g/mol. The van der Waals surface area contributed by atoms with Gasteiger partial charge in [0, 0.05) is 12.4 Å². The van der Waals surface area contributed by atoms with E-state index in [1.165, 1.54) is 0 Å². The van der Waals surface area contributed by atoms with Crippen molar-refractivity contribution in [3.63, 3.8) is 0 Å². The van der Waals surface area contributed by atoms with Gasteiger partial charge in [0.05, 0.1) is 16.8 Å². The van der Waals surface area contributed by atoms with E-state index < -0.39 is 0 Å². The van der Waals surface area contributed by atoms with Gasteiger partial charge < -0.3 is 5.11 Å². The first kappa shape index (κ1) is 11.2. The molecule has 0 bridgehead atoms. The standard InChI is InChI=1S/C12H13ClN2O/c1-9(16)7-10-3-4-12(11(13)8-10)15-6-2-5-14-15/h2-6,8-9,16H,7H2,1H3. The van der Waals surface area contributed by atoms with E-state index in [1.54, 1.807) is 17.8 Å². The van der Waals surface area contributed by atoms with Gasteiger partial charge in [-0.3, -0.25) is 0 Å². The molecule has 0 radical (unpaired) electrons. The Balaban J connectivity index is 2.30. The lowest BCUT2D eigenvalue weighted by Gasteiger charge is -2.08. The van der Waals surface area contributed by atoms with Crippen LogP contribution in [0.1, 0.15) is 12.5 Å². The summed E-state index contributed by atoms with van der Waals surface area (Å²) in [5.41, 5.74) is 1.87.